The van der Waals surface area contributed by atoms with Gasteiger partial charge in [0.25, 0.3) is 5.56 Å². The van der Waals surface area contributed by atoms with Gasteiger partial charge in [-0.3, -0.25) is 14.7 Å². The standard InChI is InChI=1S/C20H18Cl2N4O/c21-16-2-1-13(9-17(16)22)11-26-8-5-15(12-26)18-10-19(27)25-20(24-18)14-3-6-23-7-4-14/h1-4,6-7,9-10,15H,5,8,11-12H2,(H,24,25,27). The van der Waals surface area contributed by atoms with Crippen molar-refractivity contribution >= 4 is 23.2 Å². The van der Waals surface area contributed by atoms with Crippen molar-refractivity contribution in [1.29, 1.82) is 0 Å². The second-order valence-electron chi connectivity index (χ2n) is 6.72. The predicted octanol–water partition coefficient (Wildman–Crippen LogP) is 4.13. The van der Waals surface area contributed by atoms with Crippen LogP contribution in [0, 0.1) is 0 Å². The maximum atomic E-state index is 12.1. The number of nitrogens with one attached hydrogen (secondary N) is 1. The zero-order valence-corrected chi connectivity index (χ0v) is 16.0. The highest BCUT2D eigenvalue weighted by atomic mass is 35.5. The van der Waals surface area contributed by atoms with Gasteiger partial charge in [0, 0.05) is 43.0 Å². The molecule has 1 unspecified atom stereocenters. The predicted molar refractivity (Wildman–Crippen MR) is 107 cm³/mol. The van der Waals surface area contributed by atoms with E-state index in [1.54, 1.807) is 18.5 Å². The highest BCUT2D eigenvalue weighted by molar-refractivity contribution is 6.42. The number of benzene rings is 1. The van der Waals surface area contributed by atoms with Gasteiger partial charge in [0.1, 0.15) is 5.82 Å². The third-order valence-corrected chi connectivity index (χ3v) is 5.54. The van der Waals surface area contributed by atoms with E-state index in [0.717, 1.165) is 42.9 Å². The lowest BCUT2D eigenvalue weighted by molar-refractivity contribution is 0.326. The molecular weight excluding hydrogens is 383 g/mol. The summed E-state index contributed by atoms with van der Waals surface area (Å²) in [6, 6.07) is 11.0. The second kappa shape index (κ2) is 7.80. The van der Waals surface area contributed by atoms with Gasteiger partial charge in [-0.05, 0) is 42.8 Å². The number of pyridine rings is 1. The average Bonchev–Trinajstić information content (AvgIpc) is 3.13. The van der Waals surface area contributed by atoms with Crippen LogP contribution >= 0.6 is 23.2 Å². The number of aromatic nitrogens is 3. The maximum absolute atomic E-state index is 12.1. The van der Waals surface area contributed by atoms with E-state index in [1.807, 2.05) is 30.3 Å². The monoisotopic (exact) mass is 400 g/mol. The average molecular weight is 401 g/mol. The fourth-order valence-corrected chi connectivity index (χ4v) is 3.77. The van der Waals surface area contributed by atoms with Crippen LogP contribution < -0.4 is 5.56 Å². The normalized spacial score (nSPS) is 17.3. The summed E-state index contributed by atoms with van der Waals surface area (Å²) in [5.41, 5.74) is 2.69. The lowest BCUT2D eigenvalue weighted by Gasteiger charge is -2.16. The molecule has 4 rings (SSSR count). The van der Waals surface area contributed by atoms with Crippen molar-refractivity contribution in [3.05, 3.63) is 80.4 Å². The number of nitrogens with zero attached hydrogens (tertiary/aromatic N) is 3. The van der Waals surface area contributed by atoms with Crippen LogP contribution in [0.25, 0.3) is 11.4 Å². The van der Waals surface area contributed by atoms with Crippen LogP contribution in [0.15, 0.2) is 53.6 Å². The van der Waals surface area contributed by atoms with E-state index >= 15 is 0 Å². The summed E-state index contributed by atoms with van der Waals surface area (Å²) < 4.78 is 0. The van der Waals surface area contributed by atoms with Crippen molar-refractivity contribution in [3.8, 4) is 11.4 Å². The van der Waals surface area contributed by atoms with Crippen LogP contribution in [-0.2, 0) is 6.54 Å². The molecule has 5 nitrogen and oxygen atoms in total. The summed E-state index contributed by atoms with van der Waals surface area (Å²) in [5, 5.41) is 1.14. The van der Waals surface area contributed by atoms with Gasteiger partial charge < -0.3 is 4.98 Å². The van der Waals surface area contributed by atoms with Gasteiger partial charge in [-0.25, -0.2) is 4.98 Å². The first-order valence-corrected chi connectivity index (χ1v) is 9.52. The zero-order chi connectivity index (χ0) is 18.8. The Morgan fingerprint density at radius 2 is 1.93 bits per heavy atom. The molecule has 0 aliphatic carbocycles. The first kappa shape index (κ1) is 18.2. The molecule has 0 bridgehead atoms. The summed E-state index contributed by atoms with van der Waals surface area (Å²) in [6.45, 7) is 2.60. The number of halogens is 2. The number of hydrogen-bond donors (Lipinski definition) is 1. The Labute approximate surface area is 167 Å². The Morgan fingerprint density at radius 1 is 1.11 bits per heavy atom. The van der Waals surface area contributed by atoms with Crippen LogP contribution in [0.1, 0.15) is 23.6 Å². The second-order valence-corrected chi connectivity index (χ2v) is 7.54. The molecule has 2 aromatic heterocycles. The molecule has 1 aliphatic rings. The van der Waals surface area contributed by atoms with Crippen LogP contribution in [0.3, 0.4) is 0 Å². The number of aromatic amines is 1. The zero-order valence-electron chi connectivity index (χ0n) is 14.5. The Morgan fingerprint density at radius 3 is 2.70 bits per heavy atom. The molecule has 0 spiro atoms. The van der Waals surface area contributed by atoms with Gasteiger partial charge in [0.2, 0.25) is 0 Å². The third-order valence-electron chi connectivity index (χ3n) is 4.80. The molecular formula is C20H18Cl2N4O. The molecule has 27 heavy (non-hydrogen) atoms. The SMILES string of the molecule is O=c1cc(C2CCN(Cc3ccc(Cl)c(Cl)c3)C2)nc(-c2ccncc2)[nH]1. The smallest absolute Gasteiger partial charge is 0.251 e. The highest BCUT2D eigenvalue weighted by Gasteiger charge is 2.26. The molecule has 0 radical (unpaired) electrons. The number of hydrogen-bond acceptors (Lipinski definition) is 4. The largest absolute Gasteiger partial charge is 0.307 e. The first-order chi connectivity index (χ1) is 13.1. The molecule has 1 aliphatic heterocycles. The van der Waals surface area contributed by atoms with Crippen molar-refractivity contribution in [1.82, 2.24) is 19.9 Å². The molecule has 3 aromatic rings. The van der Waals surface area contributed by atoms with Crippen molar-refractivity contribution in [2.24, 2.45) is 0 Å². The number of rotatable bonds is 4. The van der Waals surface area contributed by atoms with Gasteiger partial charge in [0.15, 0.2) is 0 Å². The summed E-state index contributed by atoms with van der Waals surface area (Å²) >= 11 is 12.1. The molecule has 138 valence electrons. The highest BCUT2D eigenvalue weighted by Crippen LogP contribution is 2.29. The summed E-state index contributed by atoms with van der Waals surface area (Å²) in [5.74, 6) is 0.818. The molecule has 3 heterocycles. The summed E-state index contributed by atoms with van der Waals surface area (Å²) in [6.07, 6.45) is 4.35. The molecule has 1 aromatic carbocycles. The van der Waals surface area contributed by atoms with Crippen LogP contribution in [-0.4, -0.2) is 32.9 Å². The van der Waals surface area contributed by atoms with Crippen LogP contribution in [0.5, 0.6) is 0 Å². The Kier molecular flexibility index (Phi) is 5.25. The minimum absolute atomic E-state index is 0.130. The molecule has 0 amide bonds. The van der Waals surface area contributed by atoms with Crippen LogP contribution in [0.2, 0.25) is 10.0 Å². The van der Waals surface area contributed by atoms with E-state index in [-0.39, 0.29) is 11.5 Å². The first-order valence-electron chi connectivity index (χ1n) is 8.76. The molecule has 7 heteroatoms. The Bertz CT molecular complexity index is 1010. The van der Waals surface area contributed by atoms with Crippen molar-refractivity contribution in [3.63, 3.8) is 0 Å². The topological polar surface area (TPSA) is 61.9 Å². The van der Waals surface area contributed by atoms with E-state index in [2.05, 4.69) is 14.9 Å². The van der Waals surface area contributed by atoms with E-state index in [1.165, 1.54) is 0 Å². The minimum Gasteiger partial charge on any atom is -0.307 e. The van der Waals surface area contributed by atoms with Crippen molar-refractivity contribution in [2.75, 3.05) is 13.1 Å². The molecule has 1 saturated heterocycles. The van der Waals surface area contributed by atoms with Crippen molar-refractivity contribution < 1.29 is 0 Å². The van der Waals surface area contributed by atoms with Gasteiger partial charge in [-0.15, -0.1) is 0 Å². The summed E-state index contributed by atoms with van der Waals surface area (Å²) in [4.78, 5) is 26.0. The Hall–Kier alpha value is -2.21. The van der Waals surface area contributed by atoms with Gasteiger partial charge in [-0.1, -0.05) is 29.3 Å². The third kappa shape index (κ3) is 4.21. The minimum atomic E-state index is -0.130. The molecule has 1 N–H and O–H groups in total. The number of likely N-dealkylation sites (tertiary alicyclic amines) is 1. The quantitative estimate of drug-likeness (QED) is 0.714. The fraction of sp³-hybridized carbons (Fsp3) is 0.250. The number of H-pyrrole nitrogens is 1. The van der Waals surface area contributed by atoms with Crippen LogP contribution in [0.4, 0.5) is 0 Å². The summed E-state index contributed by atoms with van der Waals surface area (Å²) in [7, 11) is 0. The van der Waals surface area contributed by atoms with E-state index < -0.39 is 0 Å². The van der Waals surface area contributed by atoms with Gasteiger partial charge in [0.05, 0.1) is 15.7 Å². The van der Waals surface area contributed by atoms with E-state index in [0.29, 0.717) is 15.9 Å². The van der Waals surface area contributed by atoms with Gasteiger partial charge >= 0.3 is 0 Å². The lowest BCUT2D eigenvalue weighted by atomic mass is 10.0. The van der Waals surface area contributed by atoms with Gasteiger partial charge in [-0.2, -0.15) is 0 Å². The Balaban J connectivity index is 1.51. The van der Waals surface area contributed by atoms with E-state index in [4.69, 9.17) is 28.2 Å². The molecule has 1 atom stereocenters. The maximum Gasteiger partial charge on any atom is 0.251 e. The molecule has 0 saturated carbocycles. The fourth-order valence-electron chi connectivity index (χ4n) is 3.45. The van der Waals surface area contributed by atoms with E-state index in [9.17, 15) is 4.79 Å². The molecule has 1 fully saturated rings. The van der Waals surface area contributed by atoms with Crippen molar-refractivity contribution in [2.45, 2.75) is 18.9 Å². The lowest BCUT2D eigenvalue weighted by Crippen LogP contribution is -2.20.